The Bertz CT molecular complexity index is 1650. The molecule has 0 spiro atoms. The zero-order valence-corrected chi connectivity index (χ0v) is 26.8. The summed E-state index contributed by atoms with van der Waals surface area (Å²) in [5, 5.41) is 13.7. The van der Waals surface area contributed by atoms with Crippen LogP contribution in [-0.4, -0.2) is 43.8 Å². The maximum Gasteiger partial charge on any atom is 0.255 e. The first-order valence-corrected chi connectivity index (χ1v) is 15.6. The molecule has 1 aliphatic heterocycles. The number of carbonyl (C=O) groups is 1. The van der Waals surface area contributed by atoms with E-state index in [2.05, 4.69) is 50.7 Å². The van der Waals surface area contributed by atoms with E-state index in [0.717, 1.165) is 34.6 Å². The molecule has 0 fully saturated rings. The van der Waals surface area contributed by atoms with E-state index in [0.29, 0.717) is 17.8 Å². The number of methoxy groups -OCH3 is 1. The van der Waals surface area contributed by atoms with Gasteiger partial charge >= 0.3 is 0 Å². The highest BCUT2D eigenvalue weighted by Gasteiger charge is 2.30. The van der Waals surface area contributed by atoms with Crippen molar-refractivity contribution in [3.05, 3.63) is 64.7 Å². The van der Waals surface area contributed by atoms with Crippen LogP contribution in [0.4, 0.5) is 17.1 Å². The van der Waals surface area contributed by atoms with Gasteiger partial charge in [0.05, 0.1) is 48.9 Å². The van der Waals surface area contributed by atoms with Crippen molar-refractivity contribution >= 4 is 33.0 Å². The van der Waals surface area contributed by atoms with Crippen molar-refractivity contribution in [2.75, 3.05) is 35.0 Å². The first-order chi connectivity index (χ1) is 19.4. The van der Waals surface area contributed by atoms with Crippen LogP contribution in [0, 0.1) is 13.8 Å². The van der Waals surface area contributed by atoms with Crippen LogP contribution < -0.4 is 19.8 Å². The number of sulfonamides is 1. The van der Waals surface area contributed by atoms with Crippen LogP contribution in [-0.2, 0) is 21.0 Å². The van der Waals surface area contributed by atoms with E-state index in [1.807, 2.05) is 46.9 Å². The van der Waals surface area contributed by atoms with Crippen molar-refractivity contribution in [2.45, 2.75) is 72.4 Å². The number of hydrogen-bond donors (Lipinski definition) is 2. The monoisotopic (exact) mass is 595 g/mol. The van der Waals surface area contributed by atoms with Crippen LogP contribution in [0.15, 0.2) is 46.9 Å². The molecule has 1 atom stereocenters. The molecule has 3 aromatic rings. The highest BCUT2D eigenvalue weighted by Crippen LogP contribution is 2.40. The molecule has 0 bridgehead atoms. The minimum absolute atomic E-state index is 0.158. The summed E-state index contributed by atoms with van der Waals surface area (Å²) in [6.45, 7) is 16.9. The summed E-state index contributed by atoms with van der Waals surface area (Å²) >= 11 is 0. The third kappa shape index (κ3) is 6.59. The second-order valence-corrected chi connectivity index (χ2v) is 14.5. The summed E-state index contributed by atoms with van der Waals surface area (Å²) < 4.78 is 34.4. The van der Waals surface area contributed by atoms with Gasteiger partial charge in [0, 0.05) is 11.1 Å². The molecule has 42 heavy (non-hydrogen) atoms. The number of nitrogens with one attached hydrogen (secondary N) is 2. The van der Waals surface area contributed by atoms with Crippen LogP contribution in [0.25, 0.3) is 0 Å². The van der Waals surface area contributed by atoms with Gasteiger partial charge in [-0.1, -0.05) is 32.1 Å². The molecule has 4 rings (SSSR count). The summed E-state index contributed by atoms with van der Waals surface area (Å²) in [7, 11) is -2.16. The number of carbonyl (C=O) groups excluding carboxylic acids is 1. The summed E-state index contributed by atoms with van der Waals surface area (Å²) in [4.78, 5) is 18.1. The summed E-state index contributed by atoms with van der Waals surface area (Å²) in [6, 6.07) is 8.73. The quantitative estimate of drug-likeness (QED) is 0.339. The van der Waals surface area contributed by atoms with Crippen LogP contribution in [0.1, 0.15) is 80.6 Å². The second kappa shape index (κ2) is 11.0. The van der Waals surface area contributed by atoms with Crippen LogP contribution in [0.2, 0.25) is 0 Å². The first-order valence-electron chi connectivity index (χ1n) is 13.7. The number of aromatic nitrogens is 2. The predicted octanol–water partition coefficient (Wildman–Crippen LogP) is 6.11. The number of nitrogens with zero attached hydrogens (tertiary/aromatic N) is 5. The molecule has 0 saturated carbocycles. The molecule has 0 aliphatic carbocycles. The molecule has 11 nitrogen and oxygen atoms in total. The van der Waals surface area contributed by atoms with Gasteiger partial charge in [0.25, 0.3) is 5.91 Å². The Labute approximate surface area is 248 Å². The molecule has 0 saturated heterocycles. The average molecular weight is 596 g/mol. The molecular weight excluding hydrogens is 554 g/mol. The van der Waals surface area contributed by atoms with Gasteiger partial charge in [-0.2, -0.15) is 5.11 Å². The minimum atomic E-state index is -3.60. The Kier molecular flexibility index (Phi) is 8.16. The number of imidazole rings is 1. The topological polar surface area (TPSA) is 130 Å². The number of amides is 1. The van der Waals surface area contributed by atoms with Crippen LogP contribution >= 0.6 is 0 Å². The Morgan fingerprint density at radius 3 is 2.31 bits per heavy atom. The third-order valence-electron chi connectivity index (χ3n) is 7.07. The maximum absolute atomic E-state index is 13.6. The molecule has 2 aromatic carbocycles. The van der Waals surface area contributed by atoms with Crippen molar-refractivity contribution in [3.63, 3.8) is 0 Å². The van der Waals surface area contributed by atoms with Gasteiger partial charge in [0.1, 0.15) is 11.9 Å². The van der Waals surface area contributed by atoms with Gasteiger partial charge in [-0.3, -0.25) is 9.52 Å². The van der Waals surface area contributed by atoms with Gasteiger partial charge in [0.15, 0.2) is 5.75 Å². The zero-order valence-electron chi connectivity index (χ0n) is 26.0. The fourth-order valence-electron chi connectivity index (χ4n) is 5.10. The Hall–Kier alpha value is -3.93. The molecule has 2 heterocycles. The second-order valence-electron chi connectivity index (χ2n) is 12.7. The lowest BCUT2D eigenvalue weighted by molar-refractivity contribution is 0.102. The normalized spacial score (nSPS) is 15.7. The molecule has 1 aliphatic rings. The smallest absolute Gasteiger partial charge is 0.255 e. The molecular formula is C30H41N7O4S. The molecule has 226 valence electrons. The number of ether oxygens (including phenoxy) is 1. The summed E-state index contributed by atoms with van der Waals surface area (Å²) in [6.07, 6.45) is 2.93. The number of rotatable bonds is 7. The van der Waals surface area contributed by atoms with Crippen LogP contribution in [0.5, 0.6) is 5.75 Å². The van der Waals surface area contributed by atoms with Gasteiger partial charge in [-0.25, -0.2) is 18.4 Å². The van der Waals surface area contributed by atoms with E-state index in [1.54, 1.807) is 29.3 Å². The SMILES string of the molecule is COc1c(NC(=O)c2ccc(C)c(N3CC(c4cnc(C)n4C(C)(C)C)N=N3)c2)cc(C(C)(C)C)cc1NS(C)(=O)=O. The van der Waals surface area contributed by atoms with Crippen LogP contribution in [0.3, 0.4) is 0 Å². The number of hydrogen-bond acceptors (Lipinski definition) is 8. The Balaban J connectivity index is 1.64. The van der Waals surface area contributed by atoms with Crippen molar-refractivity contribution in [1.82, 2.24) is 9.55 Å². The van der Waals surface area contributed by atoms with E-state index < -0.39 is 10.0 Å². The molecule has 12 heteroatoms. The average Bonchev–Trinajstić information content (AvgIpc) is 3.49. The van der Waals surface area contributed by atoms with E-state index in [9.17, 15) is 13.2 Å². The largest absolute Gasteiger partial charge is 0.492 e. The Morgan fingerprint density at radius 2 is 1.71 bits per heavy atom. The van der Waals surface area contributed by atoms with Gasteiger partial charge < -0.3 is 14.6 Å². The number of benzene rings is 2. The fourth-order valence-corrected chi connectivity index (χ4v) is 5.65. The summed E-state index contributed by atoms with van der Waals surface area (Å²) in [5.74, 6) is 0.762. The van der Waals surface area contributed by atoms with Gasteiger partial charge in [0.2, 0.25) is 10.0 Å². The molecule has 0 radical (unpaired) electrons. The third-order valence-corrected chi connectivity index (χ3v) is 7.67. The van der Waals surface area contributed by atoms with Crippen molar-refractivity contribution in [3.8, 4) is 5.75 Å². The fraction of sp³-hybridized carbons (Fsp3) is 0.467. The highest BCUT2D eigenvalue weighted by molar-refractivity contribution is 7.92. The summed E-state index contributed by atoms with van der Waals surface area (Å²) in [5.41, 5.74) is 4.05. The number of anilines is 3. The maximum atomic E-state index is 13.6. The number of aryl methyl sites for hydroxylation is 2. The molecule has 1 unspecified atom stereocenters. The zero-order chi connectivity index (χ0) is 31.2. The van der Waals surface area contributed by atoms with Crippen molar-refractivity contribution in [1.29, 1.82) is 0 Å². The minimum Gasteiger partial charge on any atom is -0.492 e. The first kappa shape index (κ1) is 31.0. The van der Waals surface area contributed by atoms with E-state index in [4.69, 9.17) is 4.74 Å². The molecule has 1 aromatic heterocycles. The molecule has 2 N–H and O–H groups in total. The van der Waals surface area contributed by atoms with Crippen molar-refractivity contribution < 1.29 is 17.9 Å². The lowest BCUT2D eigenvalue weighted by atomic mass is 9.86. The molecule has 1 amide bonds. The van der Waals surface area contributed by atoms with Crippen molar-refractivity contribution in [2.24, 2.45) is 10.3 Å². The van der Waals surface area contributed by atoms with Gasteiger partial charge in [-0.05, 0) is 75.4 Å². The van der Waals surface area contributed by atoms with E-state index in [1.165, 1.54) is 7.11 Å². The predicted molar refractivity (Wildman–Crippen MR) is 166 cm³/mol. The van der Waals surface area contributed by atoms with E-state index >= 15 is 0 Å². The lowest BCUT2D eigenvalue weighted by Crippen LogP contribution is -2.27. The highest BCUT2D eigenvalue weighted by atomic mass is 32.2. The van der Waals surface area contributed by atoms with E-state index in [-0.39, 0.29) is 34.3 Å². The standard InChI is InChI=1S/C30H41N7O4S/c1-18-11-12-20(13-25(18)36-17-24(33-35-36)26-16-31-19(2)37(26)30(6,7)8)28(38)32-22-14-21(29(3,4)5)15-23(27(22)41-9)34-42(10,39)40/h11-16,24,34H,17H2,1-10H3,(H,32,38). The lowest BCUT2D eigenvalue weighted by Gasteiger charge is -2.26. The Morgan fingerprint density at radius 1 is 1.05 bits per heavy atom. The van der Waals surface area contributed by atoms with Gasteiger partial charge in [-0.15, -0.1) is 0 Å².